The zero-order chi connectivity index (χ0) is 37.7. The predicted octanol–water partition coefficient (Wildman–Crippen LogP) is 6.73. The van der Waals surface area contributed by atoms with Gasteiger partial charge in [0.05, 0.1) is 73.9 Å². The van der Waals surface area contributed by atoms with Crippen LogP contribution < -0.4 is 19.4 Å². The minimum Gasteiger partial charge on any atom is -0.481 e. The Morgan fingerprint density at radius 3 is 2.10 bits per heavy atom. The number of hydrogen-bond acceptors (Lipinski definition) is 10. The zero-order valence-electron chi connectivity index (χ0n) is 28.3. The van der Waals surface area contributed by atoms with Crippen molar-refractivity contribution in [1.29, 1.82) is 0 Å². The maximum absolute atomic E-state index is 13.9. The van der Waals surface area contributed by atoms with Crippen LogP contribution >= 0.6 is 0 Å². The molecule has 51 heavy (non-hydrogen) atoms. The van der Waals surface area contributed by atoms with Crippen LogP contribution in [0.5, 0.6) is 5.88 Å². The number of carbonyl (C=O) groups excluding carboxylic acids is 3. The molecule has 0 N–H and O–H groups in total. The molecule has 2 amide bonds. The van der Waals surface area contributed by atoms with Gasteiger partial charge in [0.2, 0.25) is 17.7 Å². The molecule has 0 spiro atoms. The molecule has 1 aliphatic heterocycles. The number of methoxy groups -OCH3 is 2. The number of anilines is 3. The highest BCUT2D eigenvalue weighted by molar-refractivity contribution is 5.92. The van der Waals surface area contributed by atoms with Gasteiger partial charge in [-0.05, 0) is 49.6 Å². The summed E-state index contributed by atoms with van der Waals surface area (Å²) in [5, 5.41) is 0. The van der Waals surface area contributed by atoms with E-state index in [2.05, 4.69) is 19.7 Å². The number of aromatic nitrogens is 3. The van der Waals surface area contributed by atoms with Crippen LogP contribution in [0.15, 0.2) is 42.7 Å². The first-order valence-electron chi connectivity index (χ1n) is 15.7. The van der Waals surface area contributed by atoms with Gasteiger partial charge in [-0.25, -0.2) is 19.7 Å². The highest BCUT2D eigenvalue weighted by atomic mass is 19.4. The Morgan fingerprint density at radius 2 is 1.59 bits per heavy atom. The lowest BCUT2D eigenvalue weighted by atomic mass is 9.92. The number of nitrogens with zero attached hydrogens (tertiary/aromatic N) is 6. The lowest BCUT2D eigenvalue weighted by molar-refractivity contribution is -0.143. The van der Waals surface area contributed by atoms with Crippen molar-refractivity contribution in [2.45, 2.75) is 71.0 Å². The molecule has 12 nitrogen and oxygen atoms in total. The second-order valence-corrected chi connectivity index (χ2v) is 11.4. The molecule has 0 unspecified atom stereocenters. The van der Waals surface area contributed by atoms with Crippen molar-refractivity contribution < 1.29 is 54.9 Å². The number of benzene rings is 1. The third kappa shape index (κ3) is 8.96. The first-order chi connectivity index (χ1) is 24.0. The molecule has 0 radical (unpaired) electrons. The van der Waals surface area contributed by atoms with E-state index in [1.807, 2.05) is 0 Å². The number of pyridine rings is 1. The fourth-order valence-corrected chi connectivity index (χ4v) is 5.75. The van der Waals surface area contributed by atoms with Crippen LogP contribution in [0.4, 0.5) is 48.5 Å². The molecule has 0 saturated carbocycles. The molecular formula is C33H36F6N6O6. The molecule has 3 aromatic rings. The Balaban J connectivity index is 1.91. The van der Waals surface area contributed by atoms with Crippen LogP contribution in [0.25, 0.3) is 0 Å². The van der Waals surface area contributed by atoms with Crippen LogP contribution in [-0.2, 0) is 38.0 Å². The summed E-state index contributed by atoms with van der Waals surface area (Å²) in [6.07, 6.45) is -8.08. The van der Waals surface area contributed by atoms with E-state index in [0.717, 1.165) is 0 Å². The molecule has 276 valence electrons. The third-order valence-corrected chi connectivity index (χ3v) is 8.17. The number of esters is 1. The van der Waals surface area contributed by atoms with E-state index in [9.17, 15) is 40.7 Å². The van der Waals surface area contributed by atoms with E-state index in [0.29, 0.717) is 18.6 Å². The molecular weight excluding hydrogens is 690 g/mol. The summed E-state index contributed by atoms with van der Waals surface area (Å²) in [5.74, 6) is -1.06. The third-order valence-electron chi connectivity index (χ3n) is 8.17. The Bertz CT molecular complexity index is 1690. The standard InChI is InChI=1S/C33H36F6N6O6/c1-6-23-15-26(29-25(8-9-27(42-29)49-4)45(23)31(48)51-7-2)44(18-20-12-21(32(34,35)36)14-22(13-20)33(37,38)39)30-40-16-24(17-41-30)43(19(3)46)11-10-28(47)50-5/h8-9,12-14,16-17,23,26H,6-7,10-11,15,18H2,1-5H3/t23-,26+/m1/s1. The second-order valence-electron chi connectivity index (χ2n) is 11.4. The van der Waals surface area contributed by atoms with Crippen molar-refractivity contribution in [2.75, 3.05) is 42.1 Å². The number of alkyl halides is 6. The SMILES string of the molecule is CCOC(=O)N1c2ccc(OC)nc2[C@@H](N(Cc2cc(C(F)(F)F)cc(C(F)(F)F)c2)c2ncc(N(CCC(=O)OC)C(C)=O)cn2)C[C@H]1CC. The molecule has 0 aliphatic carbocycles. The molecule has 1 aromatic carbocycles. The van der Waals surface area contributed by atoms with Gasteiger partial charge in [-0.2, -0.15) is 26.3 Å². The van der Waals surface area contributed by atoms with Crippen LogP contribution in [0.1, 0.15) is 68.5 Å². The molecule has 0 fully saturated rings. The van der Waals surface area contributed by atoms with Crippen LogP contribution in [-0.4, -0.2) is 66.3 Å². The van der Waals surface area contributed by atoms with Gasteiger partial charge >= 0.3 is 24.4 Å². The Morgan fingerprint density at radius 1 is 0.961 bits per heavy atom. The average molecular weight is 727 g/mol. The topological polar surface area (TPSA) is 127 Å². The van der Waals surface area contributed by atoms with E-state index in [-0.39, 0.29) is 66.5 Å². The number of amides is 2. The quantitative estimate of drug-likeness (QED) is 0.155. The number of fused-ring (bicyclic) bond motifs is 1. The second kappa shape index (κ2) is 15.8. The number of ether oxygens (including phenoxy) is 3. The normalized spacial score (nSPS) is 15.9. The van der Waals surface area contributed by atoms with Crippen molar-refractivity contribution in [3.63, 3.8) is 0 Å². The molecule has 0 bridgehead atoms. The van der Waals surface area contributed by atoms with Crippen LogP contribution in [0.3, 0.4) is 0 Å². The first-order valence-corrected chi connectivity index (χ1v) is 15.7. The van der Waals surface area contributed by atoms with Crippen LogP contribution in [0, 0.1) is 0 Å². The monoisotopic (exact) mass is 726 g/mol. The van der Waals surface area contributed by atoms with Gasteiger partial charge in [-0.1, -0.05) is 6.92 Å². The summed E-state index contributed by atoms with van der Waals surface area (Å²) in [7, 11) is 2.55. The first kappa shape index (κ1) is 38.6. The minimum atomic E-state index is -5.10. The summed E-state index contributed by atoms with van der Waals surface area (Å²) >= 11 is 0. The Hall–Kier alpha value is -5.16. The van der Waals surface area contributed by atoms with Crippen molar-refractivity contribution in [3.05, 3.63) is 65.1 Å². The molecule has 4 rings (SSSR count). The van der Waals surface area contributed by atoms with Gasteiger partial charge in [-0.3, -0.25) is 14.5 Å². The molecule has 1 aliphatic rings. The van der Waals surface area contributed by atoms with Crippen molar-refractivity contribution in [1.82, 2.24) is 15.0 Å². The largest absolute Gasteiger partial charge is 0.481 e. The van der Waals surface area contributed by atoms with E-state index in [4.69, 9.17) is 9.47 Å². The minimum absolute atomic E-state index is 0.0382. The van der Waals surface area contributed by atoms with Crippen molar-refractivity contribution >= 4 is 35.3 Å². The number of halogens is 6. The van der Waals surface area contributed by atoms with Gasteiger partial charge in [0.15, 0.2) is 0 Å². The molecule has 0 saturated heterocycles. The summed E-state index contributed by atoms with van der Waals surface area (Å²) in [5.41, 5.74) is -2.73. The highest BCUT2D eigenvalue weighted by Crippen LogP contribution is 2.44. The fraction of sp³-hybridized carbons (Fsp3) is 0.455. The molecule has 2 aromatic heterocycles. The summed E-state index contributed by atoms with van der Waals surface area (Å²) in [6.45, 7) is 4.10. The van der Waals surface area contributed by atoms with E-state index >= 15 is 0 Å². The van der Waals surface area contributed by atoms with Gasteiger partial charge in [-0.15, -0.1) is 0 Å². The summed E-state index contributed by atoms with van der Waals surface area (Å²) in [4.78, 5) is 54.7. The van der Waals surface area contributed by atoms with Gasteiger partial charge in [0, 0.05) is 32.1 Å². The Kier molecular flexibility index (Phi) is 12.0. The lowest BCUT2D eigenvalue weighted by Gasteiger charge is -2.43. The summed E-state index contributed by atoms with van der Waals surface area (Å²) in [6, 6.07) is 2.85. The smallest absolute Gasteiger partial charge is 0.416 e. The van der Waals surface area contributed by atoms with Crippen molar-refractivity contribution in [2.24, 2.45) is 0 Å². The van der Waals surface area contributed by atoms with Crippen molar-refractivity contribution in [3.8, 4) is 5.88 Å². The lowest BCUT2D eigenvalue weighted by Crippen LogP contribution is -2.48. The molecule has 2 atom stereocenters. The van der Waals surface area contributed by atoms with Crippen LogP contribution in [0.2, 0.25) is 0 Å². The van der Waals surface area contributed by atoms with E-state index in [1.54, 1.807) is 19.9 Å². The highest BCUT2D eigenvalue weighted by Gasteiger charge is 2.42. The number of rotatable bonds is 11. The predicted molar refractivity (Wildman–Crippen MR) is 171 cm³/mol. The summed E-state index contributed by atoms with van der Waals surface area (Å²) < 4.78 is 98.6. The van der Waals surface area contributed by atoms with Gasteiger partial charge in [0.1, 0.15) is 0 Å². The van der Waals surface area contributed by atoms with E-state index < -0.39 is 60.1 Å². The van der Waals surface area contributed by atoms with E-state index in [1.165, 1.54) is 54.3 Å². The maximum atomic E-state index is 13.9. The Labute approximate surface area is 289 Å². The fourth-order valence-electron chi connectivity index (χ4n) is 5.75. The maximum Gasteiger partial charge on any atom is 0.416 e. The number of hydrogen-bond donors (Lipinski definition) is 0. The van der Waals surface area contributed by atoms with Gasteiger partial charge in [0.25, 0.3) is 0 Å². The number of carbonyl (C=O) groups is 3. The molecule has 18 heteroatoms. The average Bonchev–Trinajstić information content (AvgIpc) is 3.09. The zero-order valence-corrected chi connectivity index (χ0v) is 28.3. The van der Waals surface area contributed by atoms with Gasteiger partial charge < -0.3 is 24.0 Å². The molecule has 3 heterocycles.